The van der Waals surface area contributed by atoms with E-state index in [-0.39, 0.29) is 0 Å². The molecular weight excluding hydrogens is 416 g/mol. The van der Waals surface area contributed by atoms with Gasteiger partial charge in [0.15, 0.2) is 21.7 Å². The summed E-state index contributed by atoms with van der Waals surface area (Å²) in [5.74, 6) is 3.95. The van der Waals surface area contributed by atoms with Gasteiger partial charge in [-0.05, 0) is 44.2 Å². The monoisotopic (exact) mass is 434 g/mol. The van der Waals surface area contributed by atoms with Crippen molar-refractivity contribution < 1.29 is 8.83 Å². The maximum atomic E-state index is 5.68. The highest BCUT2D eigenvalue weighted by atomic mass is 32.2. The number of rotatable bonds is 6. The fraction of sp³-hybridized carbons (Fsp3) is 0.136. The number of thioether (sulfide) groups is 1. The van der Waals surface area contributed by atoms with Crippen molar-refractivity contribution in [2.75, 3.05) is 0 Å². The molecule has 0 saturated carbocycles. The van der Waals surface area contributed by atoms with E-state index in [1.54, 1.807) is 29.4 Å². The first-order valence-electron chi connectivity index (χ1n) is 9.38. The molecule has 0 fully saturated rings. The number of thiazole rings is 1. The van der Waals surface area contributed by atoms with E-state index < -0.39 is 0 Å². The molecule has 0 aliphatic rings. The van der Waals surface area contributed by atoms with Crippen LogP contribution in [-0.2, 0) is 5.75 Å². The molecule has 0 aliphatic heterocycles. The van der Waals surface area contributed by atoms with E-state index in [0.29, 0.717) is 5.75 Å². The van der Waals surface area contributed by atoms with Crippen LogP contribution in [0.3, 0.4) is 0 Å². The zero-order valence-corrected chi connectivity index (χ0v) is 18.0. The van der Waals surface area contributed by atoms with Gasteiger partial charge in [0.1, 0.15) is 11.5 Å². The van der Waals surface area contributed by atoms with Gasteiger partial charge in [0.2, 0.25) is 0 Å². The lowest BCUT2D eigenvalue weighted by molar-refractivity contribution is 0.535. The lowest BCUT2D eigenvalue weighted by Crippen LogP contribution is -1.99. The van der Waals surface area contributed by atoms with Crippen LogP contribution in [0.1, 0.15) is 17.2 Å². The molecule has 150 valence electrons. The van der Waals surface area contributed by atoms with Gasteiger partial charge in [0.05, 0.1) is 17.5 Å². The second kappa shape index (κ2) is 7.97. The Morgan fingerprint density at radius 2 is 1.90 bits per heavy atom. The number of aromatic nitrogens is 4. The maximum absolute atomic E-state index is 5.68. The third-order valence-electron chi connectivity index (χ3n) is 4.60. The van der Waals surface area contributed by atoms with Gasteiger partial charge in [-0.3, -0.25) is 4.57 Å². The van der Waals surface area contributed by atoms with Crippen molar-refractivity contribution in [3.63, 3.8) is 0 Å². The molecule has 5 rings (SSSR count). The van der Waals surface area contributed by atoms with E-state index in [2.05, 4.69) is 20.1 Å². The van der Waals surface area contributed by atoms with Crippen molar-refractivity contribution in [1.29, 1.82) is 0 Å². The molecule has 4 heterocycles. The maximum Gasteiger partial charge on any atom is 0.196 e. The van der Waals surface area contributed by atoms with Gasteiger partial charge in [-0.25, -0.2) is 4.98 Å². The van der Waals surface area contributed by atoms with Gasteiger partial charge in [-0.2, -0.15) is 0 Å². The lowest BCUT2D eigenvalue weighted by Gasteiger charge is -2.09. The Hall–Kier alpha value is -3.10. The molecule has 0 N–H and O–H groups in total. The summed E-state index contributed by atoms with van der Waals surface area (Å²) in [6, 6.07) is 15.9. The molecule has 0 bridgehead atoms. The van der Waals surface area contributed by atoms with Gasteiger partial charge in [-0.1, -0.05) is 30.0 Å². The van der Waals surface area contributed by atoms with Crippen LogP contribution >= 0.6 is 23.1 Å². The largest absolute Gasteiger partial charge is 0.469 e. The van der Waals surface area contributed by atoms with Gasteiger partial charge >= 0.3 is 0 Å². The minimum absolute atomic E-state index is 0.686. The minimum atomic E-state index is 0.686. The average Bonchev–Trinajstić information content (AvgIpc) is 3.54. The number of furan rings is 2. The highest BCUT2D eigenvalue weighted by Crippen LogP contribution is 2.33. The van der Waals surface area contributed by atoms with Crippen LogP contribution in [0.25, 0.3) is 27.8 Å². The smallest absolute Gasteiger partial charge is 0.196 e. The highest BCUT2D eigenvalue weighted by Gasteiger charge is 2.19. The van der Waals surface area contributed by atoms with Crippen LogP contribution in [0.15, 0.2) is 74.2 Å². The van der Waals surface area contributed by atoms with Crippen molar-refractivity contribution >= 4 is 23.1 Å². The number of nitrogens with zero attached hydrogens (tertiary/aromatic N) is 4. The SMILES string of the molecule is Cc1ccc(-c2nc(CSc3nnc(-c4ccoc4C)n3-c3ccccc3)cs2)o1. The Bertz CT molecular complexity index is 1280. The summed E-state index contributed by atoms with van der Waals surface area (Å²) in [4.78, 5) is 4.71. The van der Waals surface area contributed by atoms with Crippen molar-refractivity contribution in [2.45, 2.75) is 24.8 Å². The van der Waals surface area contributed by atoms with E-state index in [1.807, 2.05) is 62.4 Å². The number of aryl methyl sites for hydroxylation is 2. The fourth-order valence-electron chi connectivity index (χ4n) is 3.14. The number of benzene rings is 1. The van der Waals surface area contributed by atoms with Crippen LogP contribution in [-0.4, -0.2) is 19.7 Å². The molecule has 0 radical (unpaired) electrons. The second-order valence-electron chi connectivity index (χ2n) is 6.71. The van der Waals surface area contributed by atoms with Crippen LogP contribution < -0.4 is 0 Å². The predicted octanol–water partition coefficient (Wildman–Crippen LogP) is 6.15. The molecule has 30 heavy (non-hydrogen) atoms. The summed E-state index contributed by atoms with van der Waals surface area (Å²) < 4.78 is 13.2. The van der Waals surface area contributed by atoms with E-state index >= 15 is 0 Å². The quantitative estimate of drug-likeness (QED) is 0.298. The third-order valence-corrected chi connectivity index (χ3v) is 6.47. The average molecular weight is 435 g/mol. The summed E-state index contributed by atoms with van der Waals surface area (Å²) >= 11 is 3.19. The molecule has 0 saturated heterocycles. The van der Waals surface area contributed by atoms with Gasteiger partial charge < -0.3 is 8.83 Å². The zero-order valence-electron chi connectivity index (χ0n) is 16.4. The highest BCUT2D eigenvalue weighted by molar-refractivity contribution is 7.98. The van der Waals surface area contributed by atoms with Crippen LogP contribution in [0.5, 0.6) is 0 Å². The molecule has 8 heteroatoms. The zero-order chi connectivity index (χ0) is 20.5. The summed E-state index contributed by atoms with van der Waals surface area (Å²) in [5.41, 5.74) is 2.92. The number of hydrogen-bond acceptors (Lipinski definition) is 7. The molecular formula is C22H18N4O2S2. The van der Waals surface area contributed by atoms with Crippen LogP contribution in [0, 0.1) is 13.8 Å². The Kier molecular flexibility index (Phi) is 5.02. The van der Waals surface area contributed by atoms with Crippen molar-refractivity contribution in [3.8, 4) is 27.8 Å². The Balaban J connectivity index is 1.44. The number of hydrogen-bond donors (Lipinski definition) is 0. The van der Waals surface area contributed by atoms with Gasteiger partial charge in [0, 0.05) is 16.8 Å². The van der Waals surface area contributed by atoms with Gasteiger partial charge in [-0.15, -0.1) is 21.5 Å². The molecule has 0 amide bonds. The summed E-state index contributed by atoms with van der Waals surface area (Å²) in [6.07, 6.45) is 1.68. The van der Waals surface area contributed by atoms with Crippen molar-refractivity contribution in [2.24, 2.45) is 0 Å². The minimum Gasteiger partial charge on any atom is -0.469 e. The molecule has 6 nitrogen and oxygen atoms in total. The summed E-state index contributed by atoms with van der Waals surface area (Å²) in [5, 5.41) is 12.7. The van der Waals surface area contributed by atoms with E-state index in [1.165, 1.54) is 0 Å². The van der Waals surface area contributed by atoms with Gasteiger partial charge in [0.25, 0.3) is 0 Å². The summed E-state index contributed by atoms with van der Waals surface area (Å²) in [7, 11) is 0. The lowest BCUT2D eigenvalue weighted by atomic mass is 10.2. The normalized spacial score (nSPS) is 11.3. The second-order valence-corrected chi connectivity index (χ2v) is 8.51. The first-order valence-corrected chi connectivity index (χ1v) is 11.2. The van der Waals surface area contributed by atoms with E-state index in [0.717, 1.165) is 50.2 Å². The molecule has 0 aliphatic carbocycles. The third kappa shape index (κ3) is 3.59. The molecule has 4 aromatic heterocycles. The van der Waals surface area contributed by atoms with Crippen LogP contribution in [0.4, 0.5) is 0 Å². The topological polar surface area (TPSA) is 69.9 Å². The first-order chi connectivity index (χ1) is 14.7. The molecule has 5 aromatic rings. The first kappa shape index (κ1) is 18.9. The van der Waals surface area contributed by atoms with Crippen molar-refractivity contribution in [1.82, 2.24) is 19.7 Å². The Labute approximate surface area is 181 Å². The standard InChI is InChI=1S/C22H18N4O2S2/c1-14-8-9-19(28-14)21-23-16(12-29-21)13-30-22-25-24-20(18-10-11-27-15(18)2)26(22)17-6-4-3-5-7-17/h3-12H,13H2,1-2H3. The number of para-hydroxylation sites is 1. The van der Waals surface area contributed by atoms with Crippen molar-refractivity contribution in [3.05, 3.63) is 77.4 Å². The van der Waals surface area contributed by atoms with E-state index in [9.17, 15) is 0 Å². The Morgan fingerprint density at radius 3 is 2.63 bits per heavy atom. The molecule has 1 aromatic carbocycles. The molecule has 0 spiro atoms. The fourth-order valence-corrected chi connectivity index (χ4v) is 4.87. The Morgan fingerprint density at radius 1 is 1.03 bits per heavy atom. The predicted molar refractivity (Wildman–Crippen MR) is 118 cm³/mol. The van der Waals surface area contributed by atoms with Crippen LogP contribution in [0.2, 0.25) is 0 Å². The summed E-state index contributed by atoms with van der Waals surface area (Å²) in [6.45, 7) is 3.86. The molecule has 0 unspecified atom stereocenters. The van der Waals surface area contributed by atoms with E-state index in [4.69, 9.17) is 13.8 Å². The molecule has 0 atom stereocenters.